The van der Waals surface area contributed by atoms with Gasteiger partial charge in [0.25, 0.3) is 5.91 Å². The van der Waals surface area contributed by atoms with Gasteiger partial charge in [-0.05, 0) is 13.8 Å². The first-order valence-electron chi connectivity index (χ1n) is 6.24. The molecule has 0 aliphatic carbocycles. The fourth-order valence-corrected chi connectivity index (χ4v) is 2.34. The summed E-state index contributed by atoms with van der Waals surface area (Å²) in [5.74, 6) is -0.502. The lowest BCUT2D eigenvalue weighted by Crippen LogP contribution is -2.48. The molecule has 0 saturated carbocycles. The first-order chi connectivity index (χ1) is 9.18. The van der Waals surface area contributed by atoms with E-state index >= 15 is 0 Å². The van der Waals surface area contributed by atoms with Crippen LogP contribution < -0.4 is 0 Å². The van der Waals surface area contributed by atoms with E-state index in [-0.39, 0.29) is 17.9 Å². The summed E-state index contributed by atoms with van der Waals surface area (Å²) < 4.78 is 44.2. The van der Waals surface area contributed by atoms with Gasteiger partial charge in [0.05, 0.1) is 12.2 Å². The first-order valence-corrected chi connectivity index (χ1v) is 6.24. The molecule has 1 aliphatic heterocycles. The molecule has 0 N–H and O–H groups in total. The van der Waals surface area contributed by atoms with Crippen LogP contribution in [0.15, 0.2) is 6.07 Å². The number of aryl methyl sites for hydroxylation is 1. The monoisotopic (exact) mass is 291 g/mol. The Morgan fingerprint density at radius 1 is 1.35 bits per heavy atom. The maximum absolute atomic E-state index is 12.7. The van der Waals surface area contributed by atoms with Crippen LogP contribution in [0.3, 0.4) is 0 Å². The highest BCUT2D eigenvalue weighted by molar-refractivity contribution is 5.92. The summed E-state index contributed by atoms with van der Waals surface area (Å²) in [5, 5.41) is 3.67. The lowest BCUT2D eigenvalue weighted by Gasteiger charge is -2.34. The number of hydrogen-bond acceptors (Lipinski definition) is 3. The van der Waals surface area contributed by atoms with Crippen molar-refractivity contribution in [2.75, 3.05) is 13.1 Å². The molecule has 0 radical (unpaired) electrons. The lowest BCUT2D eigenvalue weighted by molar-refractivity contribution is -0.143. The summed E-state index contributed by atoms with van der Waals surface area (Å²) >= 11 is 0. The van der Waals surface area contributed by atoms with Gasteiger partial charge in [0.2, 0.25) is 0 Å². The van der Waals surface area contributed by atoms with Gasteiger partial charge in [-0.15, -0.1) is 0 Å². The third-order valence-corrected chi connectivity index (χ3v) is 3.10. The van der Waals surface area contributed by atoms with Crippen molar-refractivity contribution in [3.63, 3.8) is 0 Å². The Balaban J connectivity index is 2.21. The van der Waals surface area contributed by atoms with Crippen LogP contribution in [0.25, 0.3) is 0 Å². The van der Waals surface area contributed by atoms with Crippen LogP contribution in [0.5, 0.6) is 0 Å². The van der Waals surface area contributed by atoms with Gasteiger partial charge in [0.15, 0.2) is 5.69 Å². The van der Waals surface area contributed by atoms with Gasteiger partial charge in [-0.1, -0.05) is 0 Å². The van der Waals surface area contributed by atoms with Crippen LogP contribution >= 0.6 is 0 Å². The fraction of sp³-hybridized carbons (Fsp3) is 0.667. The summed E-state index contributed by atoms with van der Waals surface area (Å²) in [4.78, 5) is 13.7. The maximum atomic E-state index is 12.7. The molecule has 1 amide bonds. The summed E-state index contributed by atoms with van der Waals surface area (Å²) in [6.07, 6.45) is -4.81. The Morgan fingerprint density at radius 2 is 1.90 bits per heavy atom. The number of hydrogen-bond donors (Lipinski definition) is 0. The van der Waals surface area contributed by atoms with Crippen LogP contribution in [-0.4, -0.2) is 45.9 Å². The molecule has 2 heterocycles. The minimum Gasteiger partial charge on any atom is -0.372 e. The zero-order valence-electron chi connectivity index (χ0n) is 11.4. The van der Waals surface area contributed by atoms with Crippen molar-refractivity contribution in [1.82, 2.24) is 14.7 Å². The number of rotatable bonds is 1. The molecule has 1 aromatic heterocycles. The standard InChI is InChI=1S/C12H16F3N3O2/c1-7-5-18(6-8(2)20-7)11(19)9-4-10(12(13,14)15)17(3)16-9/h4,7-8H,5-6H2,1-3H3/t7-,8+. The number of ether oxygens (including phenoxy) is 1. The van der Waals surface area contributed by atoms with E-state index in [2.05, 4.69) is 5.10 Å². The number of morpholine rings is 1. The Labute approximate surface area is 114 Å². The van der Waals surface area contributed by atoms with Crippen LogP contribution in [0.2, 0.25) is 0 Å². The van der Waals surface area contributed by atoms with E-state index in [1.54, 1.807) is 0 Å². The molecule has 8 heteroatoms. The normalized spacial score (nSPS) is 24.0. The van der Waals surface area contributed by atoms with Gasteiger partial charge in [0.1, 0.15) is 5.69 Å². The zero-order valence-corrected chi connectivity index (χ0v) is 11.4. The molecule has 5 nitrogen and oxygen atoms in total. The maximum Gasteiger partial charge on any atom is 0.433 e. The topological polar surface area (TPSA) is 47.4 Å². The number of aromatic nitrogens is 2. The fourth-order valence-electron chi connectivity index (χ4n) is 2.34. The summed E-state index contributed by atoms with van der Waals surface area (Å²) in [7, 11) is 1.17. The second kappa shape index (κ2) is 5.08. The van der Waals surface area contributed by atoms with E-state index in [0.29, 0.717) is 17.8 Å². The molecular formula is C12H16F3N3O2. The number of amides is 1. The zero-order chi connectivity index (χ0) is 15.1. The van der Waals surface area contributed by atoms with E-state index in [9.17, 15) is 18.0 Å². The first kappa shape index (κ1) is 14.8. The molecule has 1 saturated heterocycles. The largest absolute Gasteiger partial charge is 0.433 e. The molecule has 0 unspecified atom stereocenters. The van der Waals surface area contributed by atoms with Crippen LogP contribution in [-0.2, 0) is 18.0 Å². The molecule has 1 aromatic rings. The highest BCUT2D eigenvalue weighted by Crippen LogP contribution is 2.29. The van der Waals surface area contributed by atoms with Gasteiger partial charge < -0.3 is 9.64 Å². The van der Waals surface area contributed by atoms with Crippen LogP contribution in [0, 0.1) is 0 Å². The molecule has 0 spiro atoms. The lowest BCUT2D eigenvalue weighted by atomic mass is 10.2. The quantitative estimate of drug-likeness (QED) is 0.791. The summed E-state index contributed by atoms with van der Waals surface area (Å²) in [5.41, 5.74) is -1.13. The second-order valence-electron chi connectivity index (χ2n) is 5.00. The highest BCUT2D eigenvalue weighted by atomic mass is 19.4. The van der Waals surface area contributed by atoms with Crippen molar-refractivity contribution < 1.29 is 22.7 Å². The van der Waals surface area contributed by atoms with Crippen molar-refractivity contribution in [3.05, 3.63) is 17.5 Å². The number of alkyl halides is 3. The number of carbonyl (C=O) groups is 1. The van der Waals surface area contributed by atoms with Gasteiger partial charge in [0, 0.05) is 26.2 Å². The Bertz CT molecular complexity index is 503. The molecule has 1 fully saturated rings. The Kier molecular flexibility index (Phi) is 3.77. The molecule has 2 rings (SSSR count). The molecule has 20 heavy (non-hydrogen) atoms. The number of halogens is 3. The van der Waals surface area contributed by atoms with Crippen LogP contribution in [0.4, 0.5) is 13.2 Å². The van der Waals surface area contributed by atoms with E-state index in [1.165, 1.54) is 11.9 Å². The number of carbonyl (C=O) groups excluding carboxylic acids is 1. The average Bonchev–Trinajstić information content (AvgIpc) is 2.68. The van der Waals surface area contributed by atoms with Gasteiger partial charge in [-0.2, -0.15) is 18.3 Å². The predicted molar refractivity (Wildman–Crippen MR) is 64.1 cm³/mol. The molecule has 112 valence electrons. The SMILES string of the molecule is C[C@@H]1CN(C(=O)c2cc(C(F)(F)F)n(C)n2)C[C@H](C)O1. The Morgan fingerprint density at radius 3 is 2.35 bits per heavy atom. The second-order valence-corrected chi connectivity index (χ2v) is 5.00. The van der Waals surface area contributed by atoms with Crippen molar-refractivity contribution in [3.8, 4) is 0 Å². The van der Waals surface area contributed by atoms with E-state index in [1.807, 2.05) is 13.8 Å². The molecular weight excluding hydrogens is 275 g/mol. The Hall–Kier alpha value is -1.57. The summed E-state index contributed by atoms with van der Waals surface area (Å²) in [6, 6.07) is 0.785. The van der Waals surface area contributed by atoms with E-state index in [4.69, 9.17) is 4.74 Å². The number of nitrogens with zero attached hydrogens (tertiary/aromatic N) is 3. The molecule has 0 bridgehead atoms. The van der Waals surface area contributed by atoms with Crippen molar-refractivity contribution in [2.45, 2.75) is 32.2 Å². The van der Waals surface area contributed by atoms with Crippen LogP contribution in [0.1, 0.15) is 30.0 Å². The van der Waals surface area contributed by atoms with Gasteiger partial charge in [-0.25, -0.2) is 0 Å². The third kappa shape index (κ3) is 2.95. The van der Waals surface area contributed by atoms with E-state index in [0.717, 1.165) is 6.07 Å². The minimum absolute atomic E-state index is 0.145. The van der Waals surface area contributed by atoms with E-state index < -0.39 is 17.8 Å². The minimum atomic E-state index is -4.52. The molecule has 1 aliphatic rings. The summed E-state index contributed by atoms with van der Waals surface area (Å²) in [6.45, 7) is 4.33. The van der Waals surface area contributed by atoms with Crippen molar-refractivity contribution in [1.29, 1.82) is 0 Å². The average molecular weight is 291 g/mol. The molecule has 2 atom stereocenters. The third-order valence-electron chi connectivity index (χ3n) is 3.10. The smallest absolute Gasteiger partial charge is 0.372 e. The van der Waals surface area contributed by atoms with Crippen molar-refractivity contribution >= 4 is 5.91 Å². The highest BCUT2D eigenvalue weighted by Gasteiger charge is 2.37. The van der Waals surface area contributed by atoms with Crippen molar-refractivity contribution in [2.24, 2.45) is 7.05 Å². The van der Waals surface area contributed by atoms with Gasteiger partial charge >= 0.3 is 6.18 Å². The van der Waals surface area contributed by atoms with Gasteiger partial charge in [-0.3, -0.25) is 9.48 Å². The predicted octanol–water partition coefficient (Wildman–Crippen LogP) is 1.69. The molecule has 0 aromatic carbocycles.